The van der Waals surface area contributed by atoms with E-state index >= 15 is 0 Å². The Morgan fingerprint density at radius 2 is 2.00 bits per heavy atom. The Balaban J connectivity index is 1.59. The van der Waals surface area contributed by atoms with E-state index in [2.05, 4.69) is 15.4 Å². The fourth-order valence-electron chi connectivity index (χ4n) is 4.20. The summed E-state index contributed by atoms with van der Waals surface area (Å²) in [6.45, 7) is 1.95. The first-order chi connectivity index (χ1) is 16.8. The number of amides is 1. The van der Waals surface area contributed by atoms with E-state index in [4.69, 9.17) is 17.3 Å². The molecule has 0 aliphatic heterocycles. The van der Waals surface area contributed by atoms with Gasteiger partial charge in [-0.1, -0.05) is 35.9 Å². The number of anilines is 1. The number of carbonyl (C=O) groups is 1. The minimum Gasteiger partial charge on any atom is -0.508 e. The third kappa shape index (κ3) is 4.06. The first-order valence-corrected chi connectivity index (χ1v) is 11.2. The van der Waals surface area contributed by atoms with Crippen LogP contribution in [0.15, 0.2) is 71.8 Å². The van der Waals surface area contributed by atoms with E-state index in [0.717, 1.165) is 0 Å². The van der Waals surface area contributed by atoms with Gasteiger partial charge < -0.3 is 20.7 Å². The second-order valence-electron chi connectivity index (χ2n) is 8.18. The Hall–Kier alpha value is -4.37. The third-order valence-electron chi connectivity index (χ3n) is 5.81. The summed E-state index contributed by atoms with van der Waals surface area (Å²) >= 11 is 6.37. The van der Waals surface area contributed by atoms with Crippen LogP contribution in [0.1, 0.15) is 34.6 Å². The van der Waals surface area contributed by atoms with Crippen molar-refractivity contribution < 1.29 is 9.90 Å². The number of nitrogens with two attached hydrogens (primary N) is 1. The van der Waals surface area contributed by atoms with Crippen molar-refractivity contribution >= 4 is 39.7 Å². The number of aromatic nitrogens is 4. The molecule has 9 nitrogen and oxygen atoms in total. The molecule has 3 heterocycles. The highest BCUT2D eigenvalue weighted by atomic mass is 35.5. The third-order valence-corrected chi connectivity index (χ3v) is 6.13. The summed E-state index contributed by atoms with van der Waals surface area (Å²) < 4.78 is 2.98. The molecule has 1 atom stereocenters. The summed E-state index contributed by atoms with van der Waals surface area (Å²) in [6, 6.07) is 14.8. The summed E-state index contributed by atoms with van der Waals surface area (Å²) in [6.07, 6.45) is 3.20. The smallest absolute Gasteiger partial charge is 0.260 e. The van der Waals surface area contributed by atoms with Crippen LogP contribution in [0.5, 0.6) is 5.75 Å². The first kappa shape index (κ1) is 22.4. The number of nitrogens with one attached hydrogen (secondary N) is 1. The fraction of sp³-hybridized carbons (Fsp3) is 0.120. The highest BCUT2D eigenvalue weighted by molar-refractivity contribution is 6.35. The normalized spacial score (nSPS) is 12.2. The molecular formula is C25H21ClN6O3. The van der Waals surface area contributed by atoms with Crippen LogP contribution in [0.3, 0.4) is 0 Å². The van der Waals surface area contributed by atoms with Crippen LogP contribution in [-0.4, -0.2) is 30.2 Å². The molecule has 0 fully saturated rings. The van der Waals surface area contributed by atoms with Gasteiger partial charge in [-0.3, -0.25) is 9.59 Å². The van der Waals surface area contributed by atoms with Crippen molar-refractivity contribution in [3.63, 3.8) is 0 Å². The van der Waals surface area contributed by atoms with Gasteiger partial charge in [-0.15, -0.1) is 5.10 Å². The first-order valence-electron chi connectivity index (χ1n) is 10.8. The molecule has 5 aromatic rings. The lowest BCUT2D eigenvalue weighted by Gasteiger charge is -2.21. The van der Waals surface area contributed by atoms with Crippen molar-refractivity contribution in [2.75, 3.05) is 5.73 Å². The van der Waals surface area contributed by atoms with Crippen LogP contribution in [-0.2, 0) is 6.54 Å². The van der Waals surface area contributed by atoms with E-state index in [9.17, 15) is 14.7 Å². The van der Waals surface area contributed by atoms with E-state index < -0.39 is 11.9 Å². The number of nitrogen functional groups attached to an aromatic ring is 1. The number of fused-ring (bicyclic) bond motifs is 2. The van der Waals surface area contributed by atoms with Crippen LogP contribution >= 0.6 is 11.6 Å². The molecule has 0 unspecified atom stereocenters. The lowest BCUT2D eigenvalue weighted by Crippen LogP contribution is -2.33. The van der Waals surface area contributed by atoms with Crippen LogP contribution in [0, 0.1) is 0 Å². The quantitative estimate of drug-likeness (QED) is 0.347. The molecule has 0 saturated heterocycles. The molecule has 2 aromatic carbocycles. The zero-order chi connectivity index (χ0) is 24.7. The van der Waals surface area contributed by atoms with Crippen LogP contribution < -0.4 is 16.6 Å². The van der Waals surface area contributed by atoms with E-state index in [-0.39, 0.29) is 29.2 Å². The maximum atomic E-state index is 13.6. The summed E-state index contributed by atoms with van der Waals surface area (Å²) in [5.41, 5.74) is 7.47. The standard InChI is InChI=1S/C25H21ClN6O3/c1-14(29-24(34)21-22(27)30-32-10-4-9-28-23(21)32)19-12-16-6-3-8-18(26)20(16)25(35)31(19)13-15-5-2-7-17(33)11-15/h2-12,14,33H,13H2,1H3,(H2,27,30)(H,29,34)/t14-/m0/s1. The van der Waals surface area contributed by atoms with Gasteiger partial charge in [-0.05, 0) is 48.2 Å². The highest BCUT2D eigenvalue weighted by Crippen LogP contribution is 2.25. The van der Waals surface area contributed by atoms with Crippen molar-refractivity contribution in [2.45, 2.75) is 19.5 Å². The maximum absolute atomic E-state index is 13.6. The largest absolute Gasteiger partial charge is 0.508 e. The van der Waals surface area contributed by atoms with Crippen LogP contribution in [0.2, 0.25) is 5.02 Å². The van der Waals surface area contributed by atoms with Crippen LogP contribution in [0.25, 0.3) is 16.4 Å². The van der Waals surface area contributed by atoms with E-state index in [1.54, 1.807) is 72.4 Å². The molecule has 1 amide bonds. The Bertz CT molecular complexity index is 1660. The van der Waals surface area contributed by atoms with Crippen molar-refractivity contribution in [3.05, 3.63) is 99.2 Å². The number of nitrogens with zero attached hydrogens (tertiary/aromatic N) is 4. The minimum absolute atomic E-state index is 0.0517. The van der Waals surface area contributed by atoms with Gasteiger partial charge in [-0.25, -0.2) is 9.50 Å². The number of halogens is 1. The molecule has 0 bridgehead atoms. The Morgan fingerprint density at radius 1 is 1.20 bits per heavy atom. The topological polar surface area (TPSA) is 128 Å². The predicted octanol–water partition coefficient (Wildman–Crippen LogP) is 3.52. The number of benzene rings is 2. The lowest BCUT2D eigenvalue weighted by atomic mass is 10.1. The monoisotopic (exact) mass is 488 g/mol. The van der Waals surface area contributed by atoms with Gasteiger partial charge in [-0.2, -0.15) is 0 Å². The molecule has 0 saturated carbocycles. The fourth-order valence-corrected chi connectivity index (χ4v) is 4.46. The average molecular weight is 489 g/mol. The molecule has 176 valence electrons. The summed E-state index contributed by atoms with van der Waals surface area (Å²) in [7, 11) is 0. The molecule has 0 aliphatic rings. The van der Waals surface area contributed by atoms with Gasteiger partial charge in [0.1, 0.15) is 11.3 Å². The number of aromatic hydroxyl groups is 1. The van der Waals surface area contributed by atoms with E-state index in [1.807, 2.05) is 6.07 Å². The molecule has 10 heteroatoms. The Kier molecular flexibility index (Phi) is 5.62. The second kappa shape index (κ2) is 8.77. The molecule has 35 heavy (non-hydrogen) atoms. The highest BCUT2D eigenvalue weighted by Gasteiger charge is 2.23. The number of pyridine rings is 1. The zero-order valence-electron chi connectivity index (χ0n) is 18.6. The summed E-state index contributed by atoms with van der Waals surface area (Å²) in [5.74, 6) is -0.324. The van der Waals surface area contributed by atoms with Crippen molar-refractivity contribution in [2.24, 2.45) is 0 Å². The van der Waals surface area contributed by atoms with Gasteiger partial charge in [0, 0.05) is 18.1 Å². The second-order valence-corrected chi connectivity index (χ2v) is 8.58. The molecular weight excluding hydrogens is 468 g/mol. The molecule has 4 N–H and O–H groups in total. The molecule has 3 aromatic heterocycles. The summed E-state index contributed by atoms with van der Waals surface area (Å²) in [4.78, 5) is 31.0. The average Bonchev–Trinajstić information content (AvgIpc) is 3.16. The summed E-state index contributed by atoms with van der Waals surface area (Å²) in [5, 5.41) is 18.3. The van der Waals surface area contributed by atoms with Crippen LogP contribution in [0.4, 0.5) is 5.82 Å². The Labute approximate surface area is 204 Å². The molecule has 0 spiro atoms. The zero-order valence-corrected chi connectivity index (χ0v) is 19.4. The van der Waals surface area contributed by atoms with Gasteiger partial charge in [0.25, 0.3) is 11.5 Å². The number of rotatable bonds is 5. The lowest BCUT2D eigenvalue weighted by molar-refractivity contribution is 0.0940. The number of phenolic OH excluding ortho intramolecular Hbond substituents is 1. The van der Waals surface area contributed by atoms with Crippen molar-refractivity contribution in [1.29, 1.82) is 0 Å². The molecule has 5 rings (SSSR count). The van der Waals surface area contributed by atoms with E-state index in [1.165, 1.54) is 4.52 Å². The van der Waals surface area contributed by atoms with Gasteiger partial charge in [0.05, 0.1) is 23.0 Å². The minimum atomic E-state index is -0.589. The SMILES string of the molecule is C[C@H](NC(=O)c1c(N)nn2cccnc12)c1cc2cccc(Cl)c2c(=O)n1Cc1cccc(O)c1. The van der Waals surface area contributed by atoms with E-state index in [0.29, 0.717) is 32.7 Å². The Morgan fingerprint density at radius 3 is 2.80 bits per heavy atom. The number of hydrogen-bond acceptors (Lipinski definition) is 6. The number of hydrogen-bond donors (Lipinski definition) is 3. The van der Waals surface area contributed by atoms with Gasteiger partial charge >= 0.3 is 0 Å². The van der Waals surface area contributed by atoms with Crippen molar-refractivity contribution in [3.8, 4) is 5.75 Å². The van der Waals surface area contributed by atoms with Gasteiger partial charge in [0.2, 0.25) is 0 Å². The van der Waals surface area contributed by atoms with Crippen molar-refractivity contribution in [1.82, 2.24) is 24.5 Å². The predicted molar refractivity (Wildman–Crippen MR) is 134 cm³/mol. The van der Waals surface area contributed by atoms with Gasteiger partial charge in [0.15, 0.2) is 11.5 Å². The molecule has 0 aliphatic carbocycles. The number of carbonyl (C=O) groups excluding carboxylic acids is 1. The maximum Gasteiger partial charge on any atom is 0.260 e. The number of phenols is 1. The molecule has 0 radical (unpaired) electrons.